The number of carbonyl (C=O) groups excluding carboxylic acids is 1. The number of nitrogens with zero attached hydrogens (tertiary/aromatic N) is 1. The first kappa shape index (κ1) is 26.5. The second-order valence-corrected chi connectivity index (χ2v) is 12.5. The lowest BCUT2D eigenvalue weighted by Crippen LogP contribution is -2.48. The summed E-state index contributed by atoms with van der Waals surface area (Å²) in [6.07, 6.45) is 17.1. The van der Waals surface area contributed by atoms with E-state index in [-0.39, 0.29) is 17.2 Å². The predicted molar refractivity (Wildman–Crippen MR) is 131 cm³/mol. The molecule has 1 unspecified atom stereocenters. The molecule has 180 valence electrons. The lowest BCUT2D eigenvalue weighted by molar-refractivity contribution is -0.141. The molecule has 1 amide bonds. The second-order valence-electron chi connectivity index (χ2n) is 11.0. The van der Waals surface area contributed by atoms with Crippen LogP contribution in [0.25, 0.3) is 0 Å². The number of thioether (sulfide) groups is 1. The zero-order valence-corrected chi connectivity index (χ0v) is 21.4. The summed E-state index contributed by atoms with van der Waals surface area (Å²) in [4.78, 5) is 26.4. The normalized spacial score (nSPS) is 26.7. The lowest BCUT2D eigenvalue weighted by Gasteiger charge is -2.46. The molecule has 1 saturated heterocycles. The summed E-state index contributed by atoms with van der Waals surface area (Å²) in [5, 5.41) is 8.90. The van der Waals surface area contributed by atoms with Crippen LogP contribution in [0.5, 0.6) is 0 Å². The van der Waals surface area contributed by atoms with E-state index in [0.717, 1.165) is 38.6 Å². The van der Waals surface area contributed by atoms with Crippen molar-refractivity contribution in [2.45, 2.75) is 134 Å². The Morgan fingerprint density at radius 3 is 2.00 bits per heavy atom. The van der Waals surface area contributed by atoms with Crippen molar-refractivity contribution >= 4 is 23.6 Å². The predicted octanol–water partition coefficient (Wildman–Crippen LogP) is 7.26. The highest BCUT2D eigenvalue weighted by atomic mass is 32.2. The Hall–Kier alpha value is -0.710. The van der Waals surface area contributed by atoms with Crippen LogP contribution in [0, 0.1) is 11.3 Å². The lowest BCUT2D eigenvalue weighted by atomic mass is 9.71. The van der Waals surface area contributed by atoms with E-state index in [2.05, 4.69) is 32.6 Å². The maximum absolute atomic E-state index is 13.1. The van der Waals surface area contributed by atoms with Gasteiger partial charge in [0.2, 0.25) is 5.91 Å². The third-order valence-corrected chi connectivity index (χ3v) is 9.20. The SMILES string of the molecule is CCCCCCCCCCCCN1C(=O)C(CC(=O)O)SC12CCC(C(C)(C)C)CC2. The summed E-state index contributed by atoms with van der Waals surface area (Å²) in [6.45, 7) is 10.0. The highest BCUT2D eigenvalue weighted by molar-refractivity contribution is 8.02. The van der Waals surface area contributed by atoms with E-state index in [1.807, 2.05) is 0 Å². The van der Waals surface area contributed by atoms with Gasteiger partial charge in [-0.25, -0.2) is 0 Å². The Kier molecular flexibility index (Phi) is 10.7. The maximum Gasteiger partial charge on any atom is 0.305 e. The van der Waals surface area contributed by atoms with E-state index in [0.29, 0.717) is 11.3 Å². The first-order valence-corrected chi connectivity index (χ1v) is 13.8. The largest absolute Gasteiger partial charge is 0.481 e. The number of hydrogen-bond donors (Lipinski definition) is 1. The summed E-state index contributed by atoms with van der Waals surface area (Å²) in [6, 6.07) is 0. The zero-order valence-electron chi connectivity index (χ0n) is 20.6. The van der Waals surface area contributed by atoms with Gasteiger partial charge >= 0.3 is 5.97 Å². The zero-order chi connectivity index (χ0) is 22.9. The molecule has 1 atom stereocenters. The molecule has 0 bridgehead atoms. The standard InChI is InChI=1S/C26H47NO3S/c1-5-6-7-8-9-10-11-12-13-14-19-27-24(30)22(20-23(28)29)31-26(27)17-15-21(16-18-26)25(2,3)4/h21-22H,5-20H2,1-4H3,(H,28,29). The molecule has 1 N–H and O–H groups in total. The van der Waals surface area contributed by atoms with Gasteiger partial charge in [0.05, 0.1) is 16.5 Å². The molecular formula is C26H47NO3S. The van der Waals surface area contributed by atoms with Gasteiger partial charge in [0, 0.05) is 6.54 Å². The van der Waals surface area contributed by atoms with Crippen molar-refractivity contribution in [3.63, 3.8) is 0 Å². The second kappa shape index (κ2) is 12.5. The van der Waals surface area contributed by atoms with E-state index in [4.69, 9.17) is 0 Å². The summed E-state index contributed by atoms with van der Waals surface area (Å²) in [5.74, 6) is -0.0887. The molecule has 2 fully saturated rings. The molecule has 0 aromatic carbocycles. The van der Waals surface area contributed by atoms with E-state index in [1.54, 1.807) is 11.8 Å². The number of carboxylic acid groups (broad SMARTS) is 1. The maximum atomic E-state index is 13.1. The van der Waals surface area contributed by atoms with Gasteiger partial charge in [0.1, 0.15) is 0 Å². The van der Waals surface area contributed by atoms with E-state index >= 15 is 0 Å². The van der Waals surface area contributed by atoms with Gasteiger partial charge in [-0.15, -0.1) is 11.8 Å². The average Bonchev–Trinajstić information content (AvgIpc) is 2.93. The highest BCUT2D eigenvalue weighted by Crippen LogP contribution is 2.54. The molecule has 1 heterocycles. The minimum atomic E-state index is -0.856. The minimum absolute atomic E-state index is 0.0392. The van der Waals surface area contributed by atoms with Crippen molar-refractivity contribution in [3.8, 4) is 0 Å². The van der Waals surface area contributed by atoms with Gasteiger partial charge in [-0.2, -0.15) is 0 Å². The fraction of sp³-hybridized carbons (Fsp3) is 0.923. The number of carbonyl (C=O) groups is 2. The highest BCUT2D eigenvalue weighted by Gasteiger charge is 2.53. The first-order valence-electron chi connectivity index (χ1n) is 12.9. The van der Waals surface area contributed by atoms with Crippen LogP contribution in [0.2, 0.25) is 0 Å². The number of rotatable bonds is 13. The number of amides is 1. The summed E-state index contributed by atoms with van der Waals surface area (Å²) in [5.41, 5.74) is 0.302. The molecule has 0 radical (unpaired) electrons. The molecule has 2 aliphatic rings. The Labute approximate surface area is 195 Å². The molecule has 2 rings (SSSR count). The van der Waals surface area contributed by atoms with Crippen LogP contribution in [0.15, 0.2) is 0 Å². The fourth-order valence-corrected chi connectivity index (χ4v) is 7.20. The fourth-order valence-electron chi connectivity index (χ4n) is 5.44. The van der Waals surface area contributed by atoms with Crippen molar-refractivity contribution < 1.29 is 14.7 Å². The number of unbranched alkanes of at least 4 members (excludes halogenated alkanes) is 9. The van der Waals surface area contributed by atoms with Crippen LogP contribution in [0.3, 0.4) is 0 Å². The topological polar surface area (TPSA) is 57.6 Å². The molecule has 4 nitrogen and oxygen atoms in total. The van der Waals surface area contributed by atoms with Gasteiger partial charge < -0.3 is 10.0 Å². The number of hydrogen-bond acceptors (Lipinski definition) is 3. The van der Waals surface area contributed by atoms with Crippen molar-refractivity contribution in [3.05, 3.63) is 0 Å². The van der Waals surface area contributed by atoms with Crippen LogP contribution < -0.4 is 0 Å². The molecule has 31 heavy (non-hydrogen) atoms. The van der Waals surface area contributed by atoms with E-state index < -0.39 is 11.2 Å². The van der Waals surface area contributed by atoms with Crippen LogP contribution in [-0.4, -0.2) is 38.5 Å². The van der Waals surface area contributed by atoms with Gasteiger partial charge in [-0.3, -0.25) is 9.59 Å². The smallest absolute Gasteiger partial charge is 0.305 e. The first-order chi connectivity index (χ1) is 14.7. The monoisotopic (exact) mass is 453 g/mol. The summed E-state index contributed by atoms with van der Waals surface area (Å²) >= 11 is 1.67. The summed E-state index contributed by atoms with van der Waals surface area (Å²) in [7, 11) is 0. The molecular weight excluding hydrogens is 406 g/mol. The van der Waals surface area contributed by atoms with Crippen molar-refractivity contribution in [2.75, 3.05) is 6.54 Å². The quantitative estimate of drug-likeness (QED) is 0.298. The number of carboxylic acids is 1. The molecule has 0 aromatic rings. The minimum Gasteiger partial charge on any atom is -0.481 e. The van der Waals surface area contributed by atoms with Crippen molar-refractivity contribution in [1.29, 1.82) is 0 Å². The number of aliphatic carboxylic acids is 1. The molecule has 1 aliphatic carbocycles. The van der Waals surface area contributed by atoms with Crippen molar-refractivity contribution in [1.82, 2.24) is 4.90 Å². The Balaban J connectivity index is 1.82. The van der Waals surface area contributed by atoms with E-state index in [1.165, 1.54) is 57.8 Å². The van der Waals surface area contributed by atoms with Crippen LogP contribution in [0.4, 0.5) is 0 Å². The molecule has 0 aromatic heterocycles. The third-order valence-electron chi connectivity index (χ3n) is 7.48. The Morgan fingerprint density at radius 2 is 1.52 bits per heavy atom. The van der Waals surface area contributed by atoms with Crippen LogP contribution >= 0.6 is 11.8 Å². The van der Waals surface area contributed by atoms with Crippen LogP contribution in [-0.2, 0) is 9.59 Å². The Bertz CT molecular complexity index is 563. The van der Waals surface area contributed by atoms with Gasteiger partial charge in [0.25, 0.3) is 0 Å². The Morgan fingerprint density at radius 1 is 1.00 bits per heavy atom. The van der Waals surface area contributed by atoms with Gasteiger partial charge in [-0.05, 0) is 43.4 Å². The summed E-state index contributed by atoms with van der Waals surface area (Å²) < 4.78 is 0. The van der Waals surface area contributed by atoms with Gasteiger partial charge in [0.15, 0.2) is 0 Å². The molecule has 1 saturated carbocycles. The molecule has 1 aliphatic heterocycles. The third kappa shape index (κ3) is 7.98. The molecule has 5 heteroatoms. The average molecular weight is 454 g/mol. The van der Waals surface area contributed by atoms with Gasteiger partial charge in [-0.1, -0.05) is 85.5 Å². The van der Waals surface area contributed by atoms with Crippen LogP contribution in [0.1, 0.15) is 124 Å². The van der Waals surface area contributed by atoms with E-state index in [9.17, 15) is 14.7 Å². The molecule has 1 spiro atoms. The van der Waals surface area contributed by atoms with Crippen molar-refractivity contribution in [2.24, 2.45) is 11.3 Å².